The van der Waals surface area contributed by atoms with Gasteiger partial charge in [0.2, 0.25) is 5.91 Å². The Kier molecular flexibility index (Phi) is 6.27. The number of hydrogen-bond donors (Lipinski definition) is 1. The Morgan fingerprint density at radius 1 is 1.29 bits per heavy atom. The number of carbonyl (C=O) groups excluding carboxylic acids is 1. The van der Waals surface area contributed by atoms with Crippen LogP contribution in [0.4, 0.5) is 0 Å². The van der Waals surface area contributed by atoms with Crippen LogP contribution in [0.25, 0.3) is 0 Å². The number of rotatable bonds is 5. The van der Waals surface area contributed by atoms with E-state index < -0.39 is 0 Å². The van der Waals surface area contributed by atoms with Crippen molar-refractivity contribution in [3.63, 3.8) is 0 Å². The molecule has 2 aliphatic rings. The maximum atomic E-state index is 12.9. The molecule has 1 amide bonds. The second-order valence-electron chi connectivity index (χ2n) is 7.11. The quantitative estimate of drug-likeness (QED) is 0.902. The first-order valence-corrected chi connectivity index (χ1v) is 9.44. The Labute approximate surface area is 145 Å². The summed E-state index contributed by atoms with van der Waals surface area (Å²) in [5.41, 5.74) is 1.30. The van der Waals surface area contributed by atoms with Gasteiger partial charge in [-0.15, -0.1) is 0 Å². The highest BCUT2D eigenvalue weighted by Crippen LogP contribution is 2.25. The van der Waals surface area contributed by atoms with Crippen molar-refractivity contribution in [3.8, 4) is 0 Å². The highest BCUT2D eigenvalue weighted by molar-refractivity contribution is 5.79. The average molecular weight is 330 g/mol. The number of benzene rings is 1. The molecule has 0 saturated carbocycles. The van der Waals surface area contributed by atoms with Crippen LogP contribution in [0.5, 0.6) is 0 Å². The molecule has 24 heavy (non-hydrogen) atoms. The maximum absolute atomic E-state index is 12.9. The highest BCUT2D eigenvalue weighted by Gasteiger charge is 2.32. The van der Waals surface area contributed by atoms with E-state index in [1.165, 1.54) is 5.56 Å². The van der Waals surface area contributed by atoms with Crippen LogP contribution in [0.3, 0.4) is 0 Å². The van der Waals surface area contributed by atoms with Crippen molar-refractivity contribution in [2.24, 2.45) is 5.92 Å². The molecule has 0 unspecified atom stereocenters. The van der Waals surface area contributed by atoms with Gasteiger partial charge in [0.05, 0.1) is 6.10 Å². The van der Waals surface area contributed by atoms with E-state index in [2.05, 4.69) is 41.4 Å². The van der Waals surface area contributed by atoms with Crippen molar-refractivity contribution in [1.29, 1.82) is 0 Å². The van der Waals surface area contributed by atoms with Gasteiger partial charge in [-0.1, -0.05) is 37.3 Å². The number of piperidine rings is 1. The predicted molar refractivity (Wildman–Crippen MR) is 95.6 cm³/mol. The molecule has 2 fully saturated rings. The fraction of sp³-hybridized carbons (Fsp3) is 0.650. The zero-order valence-electron chi connectivity index (χ0n) is 14.7. The third-order valence-electron chi connectivity index (χ3n) is 5.34. The third-order valence-corrected chi connectivity index (χ3v) is 5.34. The number of amides is 1. The summed E-state index contributed by atoms with van der Waals surface area (Å²) in [5, 5.41) is 3.63. The summed E-state index contributed by atoms with van der Waals surface area (Å²) >= 11 is 0. The lowest BCUT2D eigenvalue weighted by atomic mass is 9.92. The summed E-state index contributed by atoms with van der Waals surface area (Å²) in [6, 6.07) is 10.9. The van der Waals surface area contributed by atoms with Crippen molar-refractivity contribution in [2.75, 3.05) is 19.7 Å². The Morgan fingerprint density at radius 2 is 2.12 bits per heavy atom. The molecule has 0 bridgehead atoms. The summed E-state index contributed by atoms with van der Waals surface area (Å²) in [6.45, 7) is 5.51. The Balaban J connectivity index is 1.50. The van der Waals surface area contributed by atoms with Crippen molar-refractivity contribution in [3.05, 3.63) is 35.9 Å². The number of carbonyl (C=O) groups is 1. The smallest absolute Gasteiger partial charge is 0.225 e. The molecule has 1 aromatic rings. The van der Waals surface area contributed by atoms with E-state index in [1.54, 1.807) is 0 Å². The molecule has 0 aliphatic carbocycles. The summed E-state index contributed by atoms with van der Waals surface area (Å²) in [6.07, 6.45) is 5.30. The number of ether oxygens (including phenoxy) is 1. The topological polar surface area (TPSA) is 41.6 Å². The Morgan fingerprint density at radius 3 is 2.92 bits per heavy atom. The van der Waals surface area contributed by atoms with Crippen LogP contribution in [-0.4, -0.2) is 42.6 Å². The first kappa shape index (κ1) is 17.4. The van der Waals surface area contributed by atoms with Gasteiger partial charge in [-0.05, 0) is 37.7 Å². The second kappa shape index (κ2) is 8.63. The number of likely N-dealkylation sites (tertiary alicyclic amines) is 1. The SMILES string of the molecule is CC[C@@H]1C[C@@H](C(=O)N2CCC[C@@H](NCc3ccccc3)C2)CCO1. The van der Waals surface area contributed by atoms with Crippen molar-refractivity contribution in [2.45, 2.75) is 57.7 Å². The molecule has 1 N–H and O–H groups in total. The molecule has 4 heteroatoms. The minimum Gasteiger partial charge on any atom is -0.378 e. The zero-order valence-corrected chi connectivity index (χ0v) is 14.7. The van der Waals surface area contributed by atoms with Crippen LogP contribution in [-0.2, 0) is 16.1 Å². The molecule has 1 aromatic carbocycles. The Bertz CT molecular complexity index is 520. The van der Waals surface area contributed by atoms with Crippen LogP contribution in [0.2, 0.25) is 0 Å². The summed E-state index contributed by atoms with van der Waals surface area (Å²) in [5.74, 6) is 0.513. The first-order valence-electron chi connectivity index (χ1n) is 9.44. The van der Waals surface area contributed by atoms with E-state index in [9.17, 15) is 4.79 Å². The van der Waals surface area contributed by atoms with Crippen LogP contribution in [0.15, 0.2) is 30.3 Å². The van der Waals surface area contributed by atoms with Crippen LogP contribution < -0.4 is 5.32 Å². The van der Waals surface area contributed by atoms with Crippen molar-refractivity contribution < 1.29 is 9.53 Å². The first-order chi connectivity index (χ1) is 11.8. The summed E-state index contributed by atoms with van der Waals surface area (Å²) in [4.78, 5) is 15.0. The van der Waals surface area contributed by atoms with Gasteiger partial charge in [-0.25, -0.2) is 0 Å². The standard InChI is InChI=1S/C20H30N2O2/c1-2-19-13-17(10-12-24-19)20(23)22-11-6-9-18(15-22)21-14-16-7-4-3-5-8-16/h3-5,7-8,17-19,21H,2,6,9-15H2,1H3/t17-,18+,19+/m0/s1. The van der Waals surface area contributed by atoms with Crippen molar-refractivity contribution in [1.82, 2.24) is 10.2 Å². The van der Waals surface area contributed by atoms with Crippen molar-refractivity contribution >= 4 is 5.91 Å². The van der Waals surface area contributed by atoms with Gasteiger partial charge in [-0.3, -0.25) is 4.79 Å². The molecule has 0 radical (unpaired) electrons. The normalized spacial score (nSPS) is 27.9. The molecular weight excluding hydrogens is 300 g/mol. The number of nitrogens with one attached hydrogen (secondary N) is 1. The van der Waals surface area contributed by atoms with E-state index in [-0.39, 0.29) is 12.0 Å². The van der Waals surface area contributed by atoms with Gasteiger partial charge in [0.25, 0.3) is 0 Å². The maximum Gasteiger partial charge on any atom is 0.225 e. The number of hydrogen-bond acceptors (Lipinski definition) is 3. The molecule has 0 spiro atoms. The lowest BCUT2D eigenvalue weighted by Gasteiger charge is -2.37. The minimum absolute atomic E-state index is 0.163. The largest absolute Gasteiger partial charge is 0.378 e. The van der Waals surface area contributed by atoms with Gasteiger partial charge in [-0.2, -0.15) is 0 Å². The van der Waals surface area contributed by atoms with Crippen LogP contribution in [0.1, 0.15) is 44.6 Å². The minimum atomic E-state index is 0.163. The predicted octanol–water partition coefficient (Wildman–Crippen LogP) is 2.97. The molecule has 2 aliphatic heterocycles. The lowest BCUT2D eigenvalue weighted by molar-refractivity contribution is -0.142. The Hall–Kier alpha value is -1.39. The van der Waals surface area contributed by atoms with Gasteiger partial charge >= 0.3 is 0 Å². The fourth-order valence-electron chi connectivity index (χ4n) is 3.85. The van der Waals surface area contributed by atoms with Gasteiger partial charge in [0, 0.05) is 38.2 Å². The van der Waals surface area contributed by atoms with E-state index in [0.29, 0.717) is 11.9 Å². The van der Waals surface area contributed by atoms with E-state index in [4.69, 9.17) is 4.74 Å². The van der Waals surface area contributed by atoms with E-state index >= 15 is 0 Å². The summed E-state index contributed by atoms with van der Waals surface area (Å²) < 4.78 is 5.72. The molecule has 132 valence electrons. The van der Waals surface area contributed by atoms with Gasteiger partial charge in [0.15, 0.2) is 0 Å². The van der Waals surface area contributed by atoms with Gasteiger partial charge in [0.1, 0.15) is 0 Å². The molecule has 2 saturated heterocycles. The molecule has 2 heterocycles. The average Bonchev–Trinajstić information content (AvgIpc) is 2.67. The molecule has 3 rings (SSSR count). The zero-order chi connectivity index (χ0) is 16.8. The van der Waals surface area contributed by atoms with E-state index in [0.717, 1.165) is 58.3 Å². The highest BCUT2D eigenvalue weighted by atomic mass is 16.5. The lowest BCUT2D eigenvalue weighted by Crippen LogP contribution is -2.50. The van der Waals surface area contributed by atoms with Crippen LogP contribution in [0, 0.1) is 5.92 Å². The van der Waals surface area contributed by atoms with Gasteiger partial charge < -0.3 is 15.0 Å². The molecule has 3 atom stereocenters. The second-order valence-corrected chi connectivity index (χ2v) is 7.11. The monoisotopic (exact) mass is 330 g/mol. The molecule has 0 aromatic heterocycles. The number of nitrogens with zero attached hydrogens (tertiary/aromatic N) is 1. The fourth-order valence-corrected chi connectivity index (χ4v) is 3.85. The third kappa shape index (κ3) is 4.58. The molecular formula is C20H30N2O2. The molecule has 4 nitrogen and oxygen atoms in total. The summed E-state index contributed by atoms with van der Waals surface area (Å²) in [7, 11) is 0. The van der Waals surface area contributed by atoms with Crippen LogP contribution >= 0.6 is 0 Å². The van der Waals surface area contributed by atoms with E-state index in [1.807, 2.05) is 6.07 Å².